The summed E-state index contributed by atoms with van der Waals surface area (Å²) in [4.78, 5) is 25.1. The van der Waals surface area contributed by atoms with Crippen LogP contribution in [0.3, 0.4) is 0 Å². The number of hydrogen-bond acceptors (Lipinski definition) is 2. The second-order valence-electron chi connectivity index (χ2n) is 5.48. The third-order valence-electron chi connectivity index (χ3n) is 3.70. The van der Waals surface area contributed by atoms with Crippen LogP contribution in [0.25, 0.3) is 0 Å². The van der Waals surface area contributed by atoms with Gasteiger partial charge >= 0.3 is 12.0 Å². The van der Waals surface area contributed by atoms with Crippen molar-refractivity contribution in [1.29, 1.82) is 0 Å². The number of nitrogens with one attached hydrogen (secondary N) is 1. The van der Waals surface area contributed by atoms with E-state index in [9.17, 15) is 9.59 Å². The van der Waals surface area contributed by atoms with Gasteiger partial charge in [0.15, 0.2) is 0 Å². The minimum absolute atomic E-state index is 0.0326. The summed E-state index contributed by atoms with van der Waals surface area (Å²) in [5, 5.41) is 12.0. The van der Waals surface area contributed by atoms with Crippen LogP contribution in [0.4, 0.5) is 4.79 Å². The molecule has 0 spiro atoms. The molecule has 110 valence electrons. The molecule has 1 saturated carbocycles. The van der Waals surface area contributed by atoms with E-state index in [0.29, 0.717) is 0 Å². The molecule has 0 aromatic heterocycles. The molecule has 0 saturated heterocycles. The highest BCUT2D eigenvalue weighted by atomic mass is 16.4. The Morgan fingerprint density at radius 3 is 2.11 bits per heavy atom. The van der Waals surface area contributed by atoms with Crippen LogP contribution < -0.4 is 5.32 Å². The van der Waals surface area contributed by atoms with Crippen LogP contribution in [0.2, 0.25) is 0 Å². The number of amides is 2. The molecule has 19 heavy (non-hydrogen) atoms. The highest BCUT2D eigenvalue weighted by Crippen LogP contribution is 2.32. The molecular weight excluding hydrogens is 244 g/mol. The van der Waals surface area contributed by atoms with Gasteiger partial charge in [0.1, 0.15) is 0 Å². The number of nitrogens with zero attached hydrogens (tertiary/aromatic N) is 1. The summed E-state index contributed by atoms with van der Waals surface area (Å²) in [7, 11) is 0. The average Bonchev–Trinajstić information content (AvgIpc) is 2.76. The molecule has 0 heterocycles. The van der Waals surface area contributed by atoms with E-state index in [-0.39, 0.29) is 12.5 Å². The van der Waals surface area contributed by atoms with Crippen molar-refractivity contribution < 1.29 is 14.7 Å². The number of carbonyl (C=O) groups is 2. The monoisotopic (exact) mass is 270 g/mol. The smallest absolute Gasteiger partial charge is 0.317 e. The summed E-state index contributed by atoms with van der Waals surface area (Å²) >= 11 is 0. The Morgan fingerprint density at radius 2 is 1.68 bits per heavy atom. The van der Waals surface area contributed by atoms with Crippen LogP contribution in [0.15, 0.2) is 0 Å². The van der Waals surface area contributed by atoms with Crippen LogP contribution in [0.1, 0.15) is 58.8 Å². The first kappa shape index (κ1) is 15.8. The first-order valence-electron chi connectivity index (χ1n) is 7.32. The highest BCUT2D eigenvalue weighted by molar-refractivity contribution is 5.77. The first-order chi connectivity index (χ1) is 9.03. The van der Waals surface area contributed by atoms with Crippen LogP contribution in [0.5, 0.6) is 0 Å². The van der Waals surface area contributed by atoms with E-state index in [1.54, 1.807) is 4.90 Å². The molecule has 0 atom stereocenters. The Labute approximate surface area is 115 Å². The summed E-state index contributed by atoms with van der Waals surface area (Å²) in [6.45, 7) is 5.53. The fraction of sp³-hybridized carbons (Fsp3) is 0.857. The molecule has 0 bridgehead atoms. The summed E-state index contributed by atoms with van der Waals surface area (Å²) in [5.74, 6) is -0.834. The predicted octanol–water partition coefficient (Wildman–Crippen LogP) is 2.61. The summed E-state index contributed by atoms with van der Waals surface area (Å²) in [6, 6.07) is -0.105. The number of carboxylic acid groups (broad SMARTS) is 1. The van der Waals surface area contributed by atoms with E-state index in [0.717, 1.165) is 51.6 Å². The first-order valence-corrected chi connectivity index (χ1v) is 7.32. The van der Waals surface area contributed by atoms with Gasteiger partial charge in [-0.1, -0.05) is 26.7 Å². The van der Waals surface area contributed by atoms with Gasteiger partial charge in [-0.15, -0.1) is 0 Å². The van der Waals surface area contributed by atoms with Gasteiger partial charge in [-0.3, -0.25) is 4.79 Å². The molecule has 5 nitrogen and oxygen atoms in total. The Balaban J connectivity index is 2.66. The summed E-state index contributed by atoms with van der Waals surface area (Å²) in [5.41, 5.74) is -0.525. The van der Waals surface area contributed by atoms with Gasteiger partial charge in [-0.2, -0.15) is 0 Å². The lowest BCUT2D eigenvalue weighted by atomic mass is 9.93. The number of hydrogen-bond donors (Lipinski definition) is 2. The van der Waals surface area contributed by atoms with Gasteiger partial charge in [0.25, 0.3) is 0 Å². The summed E-state index contributed by atoms with van der Waals surface area (Å²) < 4.78 is 0. The zero-order valence-electron chi connectivity index (χ0n) is 12.1. The molecule has 2 N–H and O–H groups in total. The zero-order chi connectivity index (χ0) is 14.3. The maximum Gasteiger partial charge on any atom is 0.317 e. The molecule has 2 amide bonds. The van der Waals surface area contributed by atoms with E-state index in [1.165, 1.54) is 0 Å². The van der Waals surface area contributed by atoms with Gasteiger partial charge in [0, 0.05) is 13.1 Å². The van der Waals surface area contributed by atoms with Gasteiger partial charge in [0.2, 0.25) is 0 Å². The van der Waals surface area contributed by atoms with Crippen molar-refractivity contribution in [2.24, 2.45) is 0 Å². The van der Waals surface area contributed by atoms with Crippen molar-refractivity contribution in [2.75, 3.05) is 13.1 Å². The van der Waals surface area contributed by atoms with Crippen molar-refractivity contribution in [1.82, 2.24) is 10.2 Å². The lowest BCUT2D eigenvalue weighted by Gasteiger charge is -2.32. The molecule has 0 unspecified atom stereocenters. The van der Waals surface area contributed by atoms with Crippen molar-refractivity contribution in [2.45, 2.75) is 64.3 Å². The third-order valence-corrected chi connectivity index (χ3v) is 3.70. The maximum absolute atomic E-state index is 12.3. The minimum atomic E-state index is -0.834. The van der Waals surface area contributed by atoms with Gasteiger partial charge in [0.05, 0.1) is 12.0 Å². The van der Waals surface area contributed by atoms with Crippen LogP contribution in [-0.2, 0) is 4.79 Å². The topological polar surface area (TPSA) is 69.6 Å². The van der Waals surface area contributed by atoms with Crippen molar-refractivity contribution in [3.05, 3.63) is 0 Å². The fourth-order valence-electron chi connectivity index (χ4n) is 2.85. The number of urea groups is 1. The van der Waals surface area contributed by atoms with E-state index in [4.69, 9.17) is 5.11 Å². The zero-order valence-corrected chi connectivity index (χ0v) is 12.1. The second-order valence-corrected chi connectivity index (χ2v) is 5.48. The molecule has 1 aliphatic rings. The second kappa shape index (κ2) is 7.36. The quantitative estimate of drug-likeness (QED) is 0.747. The van der Waals surface area contributed by atoms with Crippen LogP contribution in [0, 0.1) is 0 Å². The van der Waals surface area contributed by atoms with Gasteiger partial charge < -0.3 is 15.3 Å². The predicted molar refractivity (Wildman–Crippen MR) is 74.1 cm³/mol. The Hall–Kier alpha value is -1.26. The molecule has 1 aliphatic carbocycles. The number of rotatable bonds is 7. The van der Waals surface area contributed by atoms with Crippen molar-refractivity contribution >= 4 is 12.0 Å². The normalized spacial score (nSPS) is 17.2. The number of carbonyl (C=O) groups excluding carboxylic acids is 1. The molecule has 0 radical (unpaired) electrons. The summed E-state index contributed by atoms with van der Waals surface area (Å²) in [6.07, 6.45) is 5.40. The lowest BCUT2D eigenvalue weighted by Crippen LogP contribution is -2.53. The average molecular weight is 270 g/mol. The number of aliphatic carboxylic acids is 1. The van der Waals surface area contributed by atoms with Crippen LogP contribution >= 0.6 is 0 Å². The van der Waals surface area contributed by atoms with E-state index < -0.39 is 11.5 Å². The Bertz CT molecular complexity index is 306. The van der Waals surface area contributed by atoms with Crippen molar-refractivity contribution in [3.8, 4) is 0 Å². The SMILES string of the molecule is CCCN(CCC)C(=O)NC1(CC(=O)O)CCCC1. The molecule has 1 fully saturated rings. The van der Waals surface area contributed by atoms with E-state index >= 15 is 0 Å². The largest absolute Gasteiger partial charge is 0.481 e. The number of carboxylic acids is 1. The lowest BCUT2D eigenvalue weighted by molar-refractivity contribution is -0.138. The molecule has 0 aromatic carbocycles. The molecule has 5 heteroatoms. The van der Waals surface area contributed by atoms with Crippen molar-refractivity contribution in [3.63, 3.8) is 0 Å². The fourth-order valence-corrected chi connectivity index (χ4v) is 2.85. The third kappa shape index (κ3) is 4.73. The Kier molecular flexibility index (Phi) is 6.12. The molecular formula is C14H26N2O3. The van der Waals surface area contributed by atoms with Gasteiger partial charge in [-0.05, 0) is 25.7 Å². The van der Waals surface area contributed by atoms with E-state index in [2.05, 4.69) is 5.32 Å². The van der Waals surface area contributed by atoms with Crippen LogP contribution in [-0.4, -0.2) is 40.6 Å². The van der Waals surface area contributed by atoms with Gasteiger partial charge in [-0.25, -0.2) is 4.79 Å². The Morgan fingerprint density at radius 1 is 1.16 bits per heavy atom. The molecule has 1 rings (SSSR count). The molecule has 0 aromatic rings. The minimum Gasteiger partial charge on any atom is -0.481 e. The standard InChI is InChI=1S/C14H26N2O3/c1-3-9-16(10-4-2)13(19)15-14(11-12(17)18)7-5-6-8-14/h3-11H2,1-2H3,(H,15,19)(H,17,18). The maximum atomic E-state index is 12.3. The highest BCUT2D eigenvalue weighted by Gasteiger charge is 2.38. The molecule has 0 aliphatic heterocycles. The van der Waals surface area contributed by atoms with E-state index in [1.807, 2.05) is 13.8 Å².